The van der Waals surface area contributed by atoms with E-state index in [1.54, 1.807) is 36.4 Å². The number of aromatic carboxylic acids is 1. The SMILES string of the molecule is COc1cc(/C=C(/C#N)c2ccc(C(=O)O)cc2)cc(I)c1OCc1ccc(F)cc1. The van der Waals surface area contributed by atoms with Crippen molar-refractivity contribution in [2.75, 3.05) is 7.11 Å². The Morgan fingerprint density at radius 2 is 1.77 bits per heavy atom. The Balaban J connectivity index is 1.87. The van der Waals surface area contributed by atoms with Crippen molar-refractivity contribution in [1.82, 2.24) is 0 Å². The summed E-state index contributed by atoms with van der Waals surface area (Å²) in [6.45, 7) is 0.251. The van der Waals surface area contributed by atoms with Crippen LogP contribution in [0.5, 0.6) is 11.5 Å². The van der Waals surface area contributed by atoms with E-state index in [0.717, 1.165) is 14.7 Å². The molecular weight excluding hydrogens is 512 g/mol. The number of ether oxygens (including phenoxy) is 2. The van der Waals surface area contributed by atoms with Crippen molar-refractivity contribution >= 4 is 40.2 Å². The topological polar surface area (TPSA) is 79.5 Å². The third-order valence-electron chi connectivity index (χ3n) is 4.42. The zero-order valence-corrected chi connectivity index (χ0v) is 18.6. The maximum atomic E-state index is 13.1. The molecule has 156 valence electrons. The van der Waals surface area contributed by atoms with Gasteiger partial charge in [0.05, 0.1) is 27.9 Å². The Hall–Kier alpha value is -3.38. The van der Waals surface area contributed by atoms with Crippen LogP contribution in [0.4, 0.5) is 4.39 Å². The molecule has 0 heterocycles. The van der Waals surface area contributed by atoms with Crippen molar-refractivity contribution in [2.24, 2.45) is 0 Å². The van der Waals surface area contributed by atoms with E-state index in [2.05, 4.69) is 28.7 Å². The number of carbonyl (C=O) groups is 1. The first-order chi connectivity index (χ1) is 14.9. The second kappa shape index (κ2) is 10.1. The Bertz CT molecular complexity index is 1170. The molecule has 0 aromatic heterocycles. The van der Waals surface area contributed by atoms with E-state index in [0.29, 0.717) is 22.6 Å². The molecule has 0 saturated heterocycles. The van der Waals surface area contributed by atoms with Gasteiger partial charge < -0.3 is 14.6 Å². The van der Waals surface area contributed by atoms with Gasteiger partial charge in [0.25, 0.3) is 0 Å². The summed E-state index contributed by atoms with van der Waals surface area (Å²) >= 11 is 2.13. The number of carboxylic acid groups (broad SMARTS) is 1. The Labute approximate surface area is 192 Å². The van der Waals surface area contributed by atoms with Gasteiger partial charge in [0.1, 0.15) is 12.4 Å². The summed E-state index contributed by atoms with van der Waals surface area (Å²) in [5, 5.41) is 18.6. The van der Waals surface area contributed by atoms with Gasteiger partial charge in [-0.2, -0.15) is 5.26 Å². The van der Waals surface area contributed by atoms with Gasteiger partial charge in [0, 0.05) is 0 Å². The average molecular weight is 529 g/mol. The van der Waals surface area contributed by atoms with E-state index in [1.165, 1.54) is 31.4 Å². The van der Waals surface area contributed by atoms with Gasteiger partial charge in [-0.25, -0.2) is 9.18 Å². The molecular formula is C24H17FINO4. The van der Waals surface area contributed by atoms with Gasteiger partial charge in [-0.1, -0.05) is 24.3 Å². The van der Waals surface area contributed by atoms with E-state index in [1.807, 2.05) is 6.07 Å². The van der Waals surface area contributed by atoms with Crippen molar-refractivity contribution in [3.05, 3.63) is 92.3 Å². The van der Waals surface area contributed by atoms with Crippen LogP contribution < -0.4 is 9.47 Å². The van der Waals surface area contributed by atoms with E-state index < -0.39 is 5.97 Å². The lowest BCUT2D eigenvalue weighted by atomic mass is 10.0. The van der Waals surface area contributed by atoms with Gasteiger partial charge in [0.2, 0.25) is 0 Å². The lowest BCUT2D eigenvalue weighted by Crippen LogP contribution is -2.00. The highest BCUT2D eigenvalue weighted by atomic mass is 127. The Kier molecular flexibility index (Phi) is 7.26. The largest absolute Gasteiger partial charge is 0.493 e. The number of benzene rings is 3. The third kappa shape index (κ3) is 5.61. The van der Waals surface area contributed by atoms with Crippen LogP contribution in [-0.2, 0) is 6.61 Å². The number of methoxy groups -OCH3 is 1. The number of nitrogens with zero attached hydrogens (tertiary/aromatic N) is 1. The molecule has 5 nitrogen and oxygen atoms in total. The van der Waals surface area contributed by atoms with Gasteiger partial charge in [-0.05, 0) is 81.8 Å². The Morgan fingerprint density at radius 1 is 1.13 bits per heavy atom. The number of rotatable bonds is 7. The normalized spacial score (nSPS) is 11.0. The minimum Gasteiger partial charge on any atom is -0.493 e. The molecule has 3 rings (SSSR count). The Morgan fingerprint density at radius 3 is 2.35 bits per heavy atom. The average Bonchev–Trinajstić information content (AvgIpc) is 2.77. The molecule has 7 heteroatoms. The summed E-state index contributed by atoms with van der Waals surface area (Å²) in [5.41, 5.74) is 2.70. The number of nitriles is 1. The molecule has 0 aliphatic heterocycles. The van der Waals surface area contributed by atoms with Gasteiger partial charge >= 0.3 is 5.97 Å². The number of hydrogen-bond acceptors (Lipinski definition) is 4. The first-order valence-corrected chi connectivity index (χ1v) is 10.2. The summed E-state index contributed by atoms with van der Waals surface area (Å²) in [5.74, 6) is -0.282. The zero-order chi connectivity index (χ0) is 22.4. The molecule has 0 radical (unpaired) electrons. The highest BCUT2D eigenvalue weighted by Gasteiger charge is 2.13. The molecule has 0 bridgehead atoms. The fraction of sp³-hybridized carbons (Fsp3) is 0.0833. The molecule has 0 atom stereocenters. The summed E-state index contributed by atoms with van der Waals surface area (Å²) in [7, 11) is 1.53. The molecule has 0 unspecified atom stereocenters. The first kappa shape index (κ1) is 22.3. The van der Waals surface area contributed by atoms with Gasteiger partial charge in [-0.3, -0.25) is 0 Å². The van der Waals surface area contributed by atoms with Crippen molar-refractivity contribution < 1.29 is 23.8 Å². The van der Waals surface area contributed by atoms with E-state index in [-0.39, 0.29) is 18.0 Å². The number of halogens is 2. The number of allylic oxidation sites excluding steroid dienone is 1. The van der Waals surface area contributed by atoms with Crippen molar-refractivity contribution in [2.45, 2.75) is 6.61 Å². The molecule has 0 saturated carbocycles. The molecule has 3 aromatic carbocycles. The van der Waals surface area contributed by atoms with Crippen molar-refractivity contribution in [3.63, 3.8) is 0 Å². The quantitative estimate of drug-likeness (QED) is 0.239. The smallest absolute Gasteiger partial charge is 0.335 e. The monoisotopic (exact) mass is 529 g/mol. The van der Waals surface area contributed by atoms with Crippen LogP contribution in [0.2, 0.25) is 0 Å². The first-order valence-electron chi connectivity index (χ1n) is 9.11. The molecule has 31 heavy (non-hydrogen) atoms. The second-order valence-corrected chi connectivity index (χ2v) is 7.66. The molecule has 3 aromatic rings. The maximum Gasteiger partial charge on any atom is 0.335 e. The number of carboxylic acids is 1. The fourth-order valence-corrected chi connectivity index (χ4v) is 3.62. The lowest BCUT2D eigenvalue weighted by Gasteiger charge is -2.14. The lowest BCUT2D eigenvalue weighted by molar-refractivity contribution is 0.0697. The van der Waals surface area contributed by atoms with Crippen molar-refractivity contribution in [3.8, 4) is 17.6 Å². The summed E-state index contributed by atoms with van der Waals surface area (Å²) in [6, 6.07) is 17.9. The van der Waals surface area contributed by atoms with Crippen LogP contribution in [0.15, 0.2) is 60.7 Å². The standard InChI is InChI=1S/C24H17FINO4/c1-30-22-12-16(10-19(13-27)17-4-6-18(7-5-17)24(28)29)11-21(26)23(22)31-14-15-2-8-20(25)9-3-15/h2-12H,14H2,1H3,(H,28,29)/b19-10-. The van der Waals surface area contributed by atoms with E-state index in [9.17, 15) is 14.4 Å². The minimum atomic E-state index is -1.02. The van der Waals surface area contributed by atoms with Gasteiger partial charge in [0.15, 0.2) is 11.5 Å². The third-order valence-corrected chi connectivity index (χ3v) is 5.22. The maximum absolute atomic E-state index is 13.1. The van der Waals surface area contributed by atoms with E-state index >= 15 is 0 Å². The zero-order valence-electron chi connectivity index (χ0n) is 16.4. The van der Waals surface area contributed by atoms with Crippen LogP contribution in [0, 0.1) is 20.7 Å². The molecule has 0 aliphatic rings. The minimum absolute atomic E-state index is 0.153. The number of hydrogen-bond donors (Lipinski definition) is 1. The molecule has 1 N–H and O–H groups in total. The molecule has 0 aliphatic carbocycles. The predicted octanol–water partition coefficient (Wildman–Crippen LogP) is 5.78. The van der Waals surface area contributed by atoms with Crippen LogP contribution in [0.25, 0.3) is 11.6 Å². The van der Waals surface area contributed by atoms with E-state index in [4.69, 9.17) is 14.6 Å². The van der Waals surface area contributed by atoms with Crippen LogP contribution in [0.3, 0.4) is 0 Å². The second-order valence-electron chi connectivity index (χ2n) is 6.50. The predicted molar refractivity (Wildman–Crippen MR) is 123 cm³/mol. The summed E-state index contributed by atoms with van der Waals surface area (Å²) in [4.78, 5) is 11.0. The van der Waals surface area contributed by atoms with Crippen LogP contribution in [0.1, 0.15) is 27.0 Å². The summed E-state index contributed by atoms with van der Waals surface area (Å²) in [6.07, 6.45) is 1.70. The van der Waals surface area contributed by atoms with Gasteiger partial charge in [-0.15, -0.1) is 0 Å². The van der Waals surface area contributed by atoms with Crippen LogP contribution in [-0.4, -0.2) is 18.2 Å². The highest BCUT2D eigenvalue weighted by Crippen LogP contribution is 2.35. The molecule has 0 fully saturated rings. The van der Waals surface area contributed by atoms with Crippen molar-refractivity contribution in [1.29, 1.82) is 5.26 Å². The van der Waals surface area contributed by atoms with Crippen LogP contribution >= 0.6 is 22.6 Å². The highest BCUT2D eigenvalue weighted by molar-refractivity contribution is 14.1. The molecule has 0 amide bonds. The summed E-state index contributed by atoms with van der Waals surface area (Å²) < 4.78 is 25.2. The fourth-order valence-electron chi connectivity index (χ4n) is 2.84. The molecule has 0 spiro atoms.